The fourth-order valence-electron chi connectivity index (χ4n) is 4.05. The number of anilines is 1. The molecule has 8 heteroatoms. The molecule has 1 atom stereocenters. The summed E-state index contributed by atoms with van der Waals surface area (Å²) >= 11 is 5.61. The number of nitrogens with zero attached hydrogens (tertiary/aromatic N) is 2. The SMILES string of the molecule is CC(C)C1COC(=O)N1C1CCN(C(=S)Nc2ccc3c(c2)OCCO3)CC1. The van der Waals surface area contributed by atoms with Crippen LogP contribution in [-0.2, 0) is 4.74 Å². The molecule has 3 aliphatic heterocycles. The Labute approximate surface area is 170 Å². The first-order chi connectivity index (χ1) is 13.5. The fourth-order valence-corrected chi connectivity index (χ4v) is 4.35. The lowest BCUT2D eigenvalue weighted by Crippen LogP contribution is -2.51. The minimum absolute atomic E-state index is 0.172. The van der Waals surface area contributed by atoms with Crippen molar-refractivity contribution in [2.45, 2.75) is 38.8 Å². The van der Waals surface area contributed by atoms with E-state index < -0.39 is 0 Å². The van der Waals surface area contributed by atoms with E-state index in [1.165, 1.54) is 0 Å². The maximum Gasteiger partial charge on any atom is 0.410 e. The third-order valence-corrected chi connectivity index (χ3v) is 6.01. The van der Waals surface area contributed by atoms with Gasteiger partial charge in [-0.15, -0.1) is 0 Å². The molecule has 0 spiro atoms. The Kier molecular flexibility index (Phi) is 5.48. The first-order valence-electron chi connectivity index (χ1n) is 9.93. The summed E-state index contributed by atoms with van der Waals surface area (Å²) in [4.78, 5) is 16.3. The number of hydrogen-bond acceptors (Lipinski definition) is 5. The van der Waals surface area contributed by atoms with E-state index in [1.807, 2.05) is 23.1 Å². The molecule has 0 bridgehead atoms. The number of piperidine rings is 1. The van der Waals surface area contributed by atoms with Crippen molar-refractivity contribution in [2.75, 3.05) is 38.2 Å². The van der Waals surface area contributed by atoms with Crippen LogP contribution >= 0.6 is 12.2 Å². The third kappa shape index (κ3) is 3.83. The van der Waals surface area contributed by atoms with E-state index in [1.54, 1.807) is 0 Å². The molecule has 0 saturated carbocycles. The van der Waals surface area contributed by atoms with Crippen LogP contribution in [0.4, 0.5) is 10.5 Å². The molecule has 1 unspecified atom stereocenters. The highest BCUT2D eigenvalue weighted by atomic mass is 32.1. The normalized spacial score (nSPS) is 22.4. The predicted molar refractivity (Wildman–Crippen MR) is 110 cm³/mol. The summed E-state index contributed by atoms with van der Waals surface area (Å²) in [5.74, 6) is 1.90. The van der Waals surface area contributed by atoms with E-state index in [4.69, 9.17) is 26.4 Å². The van der Waals surface area contributed by atoms with Crippen LogP contribution < -0.4 is 14.8 Å². The van der Waals surface area contributed by atoms with E-state index in [0.717, 1.165) is 43.1 Å². The van der Waals surface area contributed by atoms with Crippen molar-refractivity contribution in [2.24, 2.45) is 5.92 Å². The molecular formula is C20H27N3O4S. The monoisotopic (exact) mass is 405 g/mol. The van der Waals surface area contributed by atoms with Gasteiger partial charge in [0.2, 0.25) is 0 Å². The van der Waals surface area contributed by atoms with Crippen molar-refractivity contribution in [1.82, 2.24) is 9.80 Å². The van der Waals surface area contributed by atoms with Gasteiger partial charge in [0.25, 0.3) is 0 Å². The Bertz CT molecular complexity index is 749. The molecule has 0 aliphatic carbocycles. The molecule has 3 aliphatic rings. The van der Waals surface area contributed by atoms with Crippen LogP contribution in [-0.4, -0.2) is 66.0 Å². The number of fused-ring (bicyclic) bond motifs is 1. The molecule has 152 valence electrons. The van der Waals surface area contributed by atoms with Gasteiger partial charge in [-0.25, -0.2) is 4.79 Å². The van der Waals surface area contributed by atoms with Gasteiger partial charge in [0.1, 0.15) is 19.8 Å². The minimum atomic E-state index is -0.172. The van der Waals surface area contributed by atoms with Crippen molar-refractivity contribution in [3.8, 4) is 11.5 Å². The Balaban J connectivity index is 1.33. The highest BCUT2D eigenvalue weighted by Gasteiger charge is 2.40. The Morgan fingerprint density at radius 3 is 2.57 bits per heavy atom. The number of benzene rings is 1. The molecule has 7 nitrogen and oxygen atoms in total. The van der Waals surface area contributed by atoms with E-state index in [2.05, 4.69) is 24.1 Å². The van der Waals surface area contributed by atoms with Gasteiger partial charge in [-0.05, 0) is 43.1 Å². The van der Waals surface area contributed by atoms with E-state index in [-0.39, 0.29) is 18.2 Å². The summed E-state index contributed by atoms with van der Waals surface area (Å²) in [6, 6.07) is 6.15. The van der Waals surface area contributed by atoms with Gasteiger partial charge in [0.15, 0.2) is 16.6 Å². The van der Waals surface area contributed by atoms with Gasteiger partial charge in [0.05, 0.1) is 6.04 Å². The minimum Gasteiger partial charge on any atom is -0.486 e. The summed E-state index contributed by atoms with van der Waals surface area (Å²) in [5, 5.41) is 3.99. The van der Waals surface area contributed by atoms with Crippen molar-refractivity contribution >= 4 is 29.1 Å². The van der Waals surface area contributed by atoms with Gasteiger partial charge in [0, 0.05) is 30.9 Å². The van der Waals surface area contributed by atoms with Crippen LogP contribution in [0.25, 0.3) is 0 Å². The molecule has 2 saturated heterocycles. The standard InChI is InChI=1S/C20H27N3O4S/c1-13(2)16-12-27-20(24)23(16)15-5-7-22(8-6-15)19(28)21-14-3-4-17-18(11-14)26-10-9-25-17/h3-4,11,13,15-16H,5-10,12H2,1-2H3,(H,21,28). The van der Waals surface area contributed by atoms with Gasteiger partial charge < -0.3 is 24.4 Å². The molecule has 4 rings (SSSR count). The molecule has 3 heterocycles. The van der Waals surface area contributed by atoms with Crippen LogP contribution in [0.2, 0.25) is 0 Å². The summed E-state index contributed by atoms with van der Waals surface area (Å²) in [6.45, 7) is 7.55. The average Bonchev–Trinajstić information content (AvgIpc) is 3.10. The Morgan fingerprint density at radius 2 is 1.86 bits per heavy atom. The zero-order valence-electron chi connectivity index (χ0n) is 16.3. The quantitative estimate of drug-likeness (QED) is 0.776. The summed E-state index contributed by atoms with van der Waals surface area (Å²) in [6.07, 6.45) is 1.61. The number of nitrogens with one attached hydrogen (secondary N) is 1. The maximum atomic E-state index is 12.2. The molecule has 1 N–H and O–H groups in total. The maximum absolute atomic E-state index is 12.2. The Morgan fingerprint density at radius 1 is 1.14 bits per heavy atom. The van der Waals surface area contributed by atoms with Crippen LogP contribution in [0.3, 0.4) is 0 Å². The van der Waals surface area contributed by atoms with E-state index >= 15 is 0 Å². The molecule has 1 aromatic rings. The zero-order chi connectivity index (χ0) is 19.7. The topological polar surface area (TPSA) is 63.3 Å². The lowest BCUT2D eigenvalue weighted by atomic mass is 9.98. The van der Waals surface area contributed by atoms with Crippen LogP contribution in [0.5, 0.6) is 11.5 Å². The van der Waals surface area contributed by atoms with Gasteiger partial charge in [-0.2, -0.15) is 0 Å². The largest absolute Gasteiger partial charge is 0.486 e. The first kappa shape index (κ1) is 19.1. The molecular weight excluding hydrogens is 378 g/mol. The first-order valence-corrected chi connectivity index (χ1v) is 10.3. The lowest BCUT2D eigenvalue weighted by Gasteiger charge is -2.39. The van der Waals surface area contributed by atoms with Crippen LogP contribution in [0, 0.1) is 5.92 Å². The fraction of sp³-hybridized carbons (Fsp3) is 0.600. The van der Waals surface area contributed by atoms with Crippen LogP contribution in [0.15, 0.2) is 18.2 Å². The number of carbonyl (C=O) groups excluding carboxylic acids is 1. The average molecular weight is 406 g/mol. The second-order valence-electron chi connectivity index (χ2n) is 7.80. The number of cyclic esters (lactones) is 1. The molecule has 0 radical (unpaired) electrons. The number of thiocarbonyl (C=S) groups is 1. The highest BCUT2D eigenvalue weighted by Crippen LogP contribution is 2.33. The van der Waals surface area contributed by atoms with Gasteiger partial charge in [-0.3, -0.25) is 4.90 Å². The summed E-state index contributed by atoms with van der Waals surface area (Å²) in [7, 11) is 0. The number of hydrogen-bond donors (Lipinski definition) is 1. The Hall–Kier alpha value is -2.22. The highest BCUT2D eigenvalue weighted by molar-refractivity contribution is 7.80. The number of carbonyl (C=O) groups is 1. The van der Waals surface area contributed by atoms with Crippen LogP contribution in [0.1, 0.15) is 26.7 Å². The molecule has 1 amide bonds. The zero-order valence-corrected chi connectivity index (χ0v) is 17.2. The smallest absolute Gasteiger partial charge is 0.410 e. The second-order valence-corrected chi connectivity index (χ2v) is 8.19. The van der Waals surface area contributed by atoms with Crippen molar-refractivity contribution in [3.63, 3.8) is 0 Å². The third-order valence-electron chi connectivity index (χ3n) is 5.65. The molecule has 0 aromatic heterocycles. The molecule has 28 heavy (non-hydrogen) atoms. The van der Waals surface area contributed by atoms with E-state index in [0.29, 0.717) is 30.9 Å². The summed E-state index contributed by atoms with van der Waals surface area (Å²) in [5.41, 5.74) is 0.888. The number of rotatable bonds is 3. The van der Waals surface area contributed by atoms with E-state index in [9.17, 15) is 4.79 Å². The predicted octanol–water partition coefficient (Wildman–Crippen LogP) is 3.10. The van der Waals surface area contributed by atoms with Gasteiger partial charge in [-0.1, -0.05) is 13.8 Å². The lowest BCUT2D eigenvalue weighted by molar-refractivity contribution is 0.115. The van der Waals surface area contributed by atoms with Crippen molar-refractivity contribution in [1.29, 1.82) is 0 Å². The number of amides is 1. The van der Waals surface area contributed by atoms with Gasteiger partial charge >= 0.3 is 6.09 Å². The summed E-state index contributed by atoms with van der Waals surface area (Å²) < 4.78 is 16.5. The number of ether oxygens (including phenoxy) is 3. The van der Waals surface area contributed by atoms with Crippen molar-refractivity contribution < 1.29 is 19.0 Å². The molecule has 1 aromatic carbocycles. The molecule has 2 fully saturated rings. The van der Waals surface area contributed by atoms with Crippen molar-refractivity contribution in [3.05, 3.63) is 18.2 Å². The number of likely N-dealkylation sites (tertiary alicyclic amines) is 1. The second kappa shape index (κ2) is 8.03.